The molecule has 1 N–H and O–H groups in total. The second-order valence-electron chi connectivity index (χ2n) is 14.3. The van der Waals surface area contributed by atoms with Crippen LogP contribution in [0.5, 0.6) is 0 Å². The van der Waals surface area contributed by atoms with E-state index in [1.165, 1.54) is 53.8 Å². The number of fused-ring (bicyclic) bond motifs is 4. The third-order valence-electron chi connectivity index (χ3n) is 9.83. The third kappa shape index (κ3) is 7.90. The number of pyridine rings is 1. The van der Waals surface area contributed by atoms with E-state index in [2.05, 4.69) is 89.2 Å². The molecule has 7 rings (SSSR count). The number of carbonyl (C=O) groups excluding carboxylic acids is 1. The standard InChI is InChI=1S/C29H28NO.C13H20O2.Ir/c1-17(2)12-20-7-8-23-21(14-20)10-11-30-28(23)26-16-22(18(3)4)15-25-24-13-19(5)6-9-27(24)31-29(25)26;14-12(10-5-1-2-6-10)9-13(15)11-7-3-4-8-11;/h6-11,13-15,17-18H,12H2,1-5H3;9-11,14H,1-8H2;/q-1;;/b;12-9-;. The molecule has 0 unspecified atom stereocenters. The van der Waals surface area contributed by atoms with Gasteiger partial charge in [-0.15, -0.1) is 17.7 Å². The number of aromatic nitrogens is 1. The summed E-state index contributed by atoms with van der Waals surface area (Å²) in [6, 6.07) is 21.1. The Morgan fingerprint density at radius 1 is 0.915 bits per heavy atom. The minimum Gasteiger partial charge on any atom is -0.512 e. The molecular weight excluding hydrogens is 759 g/mol. The molecule has 0 aliphatic heterocycles. The monoisotopic (exact) mass is 807 g/mol. The largest absolute Gasteiger partial charge is 0.512 e. The Morgan fingerprint density at radius 2 is 1.62 bits per heavy atom. The van der Waals surface area contributed by atoms with Gasteiger partial charge in [0.1, 0.15) is 5.58 Å². The molecule has 5 heteroatoms. The Kier molecular flexibility index (Phi) is 11.4. The van der Waals surface area contributed by atoms with E-state index in [4.69, 9.17) is 9.40 Å². The molecule has 2 saturated carbocycles. The first-order chi connectivity index (χ1) is 22.2. The van der Waals surface area contributed by atoms with Crippen molar-refractivity contribution in [3.8, 4) is 11.3 Å². The van der Waals surface area contributed by atoms with Crippen LogP contribution in [0.25, 0.3) is 44.0 Å². The van der Waals surface area contributed by atoms with Crippen LogP contribution in [0.15, 0.2) is 71.0 Å². The average molecular weight is 807 g/mol. The number of furan rings is 1. The van der Waals surface area contributed by atoms with E-state index < -0.39 is 0 Å². The maximum Gasteiger partial charge on any atom is 0.162 e. The van der Waals surface area contributed by atoms with Crippen LogP contribution in [0.1, 0.15) is 102 Å². The van der Waals surface area contributed by atoms with Crippen molar-refractivity contribution in [2.75, 3.05) is 0 Å². The molecule has 4 nitrogen and oxygen atoms in total. The molecule has 47 heavy (non-hydrogen) atoms. The number of rotatable bonds is 7. The van der Waals surface area contributed by atoms with E-state index in [1.54, 1.807) is 0 Å². The molecule has 0 bridgehead atoms. The van der Waals surface area contributed by atoms with E-state index in [0.29, 0.717) is 17.6 Å². The molecular formula is C42H48IrNO3-. The van der Waals surface area contributed by atoms with Gasteiger partial charge in [-0.3, -0.25) is 4.79 Å². The van der Waals surface area contributed by atoms with Crippen LogP contribution in [0.3, 0.4) is 0 Å². The molecule has 2 fully saturated rings. The van der Waals surface area contributed by atoms with Crippen LogP contribution in [-0.2, 0) is 31.3 Å². The molecule has 0 spiro atoms. The molecule has 2 aliphatic carbocycles. The first kappa shape index (κ1) is 35.0. The number of aliphatic hydroxyl groups excluding tert-OH is 1. The molecule has 0 atom stereocenters. The molecule has 2 aromatic heterocycles. The smallest absolute Gasteiger partial charge is 0.162 e. The quantitative estimate of drug-likeness (QED) is 0.101. The first-order valence-corrected chi connectivity index (χ1v) is 17.4. The van der Waals surface area contributed by atoms with Gasteiger partial charge in [-0.1, -0.05) is 94.2 Å². The van der Waals surface area contributed by atoms with Crippen LogP contribution in [0.2, 0.25) is 0 Å². The van der Waals surface area contributed by atoms with Crippen molar-refractivity contribution in [3.05, 3.63) is 89.3 Å². The van der Waals surface area contributed by atoms with Gasteiger partial charge in [-0.25, -0.2) is 0 Å². The summed E-state index contributed by atoms with van der Waals surface area (Å²) in [6.07, 6.45) is 13.4. The Hall–Kier alpha value is -3.27. The number of benzene rings is 3. The summed E-state index contributed by atoms with van der Waals surface area (Å²) >= 11 is 0. The zero-order valence-corrected chi connectivity index (χ0v) is 30.9. The van der Waals surface area contributed by atoms with Gasteiger partial charge in [0.25, 0.3) is 0 Å². The van der Waals surface area contributed by atoms with Gasteiger partial charge in [0.05, 0.1) is 11.3 Å². The van der Waals surface area contributed by atoms with Crippen LogP contribution < -0.4 is 0 Å². The van der Waals surface area contributed by atoms with E-state index in [-0.39, 0.29) is 37.7 Å². The van der Waals surface area contributed by atoms with Crippen molar-refractivity contribution in [2.24, 2.45) is 17.8 Å². The number of carbonyl (C=O) groups is 1. The number of aliphatic hydroxyl groups is 1. The van der Waals surface area contributed by atoms with Crippen molar-refractivity contribution in [3.63, 3.8) is 0 Å². The summed E-state index contributed by atoms with van der Waals surface area (Å²) in [5.74, 6) is 1.99. The maximum absolute atomic E-state index is 11.8. The fourth-order valence-corrected chi connectivity index (χ4v) is 7.27. The van der Waals surface area contributed by atoms with Gasteiger partial charge in [-0.2, -0.15) is 0 Å². The average Bonchev–Trinajstić information content (AvgIpc) is 3.82. The van der Waals surface area contributed by atoms with Crippen LogP contribution in [0, 0.1) is 30.7 Å². The Labute approximate surface area is 293 Å². The van der Waals surface area contributed by atoms with Gasteiger partial charge in [0.2, 0.25) is 0 Å². The Morgan fingerprint density at radius 3 is 2.30 bits per heavy atom. The molecule has 3 aromatic carbocycles. The van der Waals surface area contributed by atoms with E-state index >= 15 is 0 Å². The fourth-order valence-electron chi connectivity index (χ4n) is 7.27. The van der Waals surface area contributed by atoms with Gasteiger partial charge in [0.15, 0.2) is 5.78 Å². The van der Waals surface area contributed by atoms with Gasteiger partial charge >= 0.3 is 0 Å². The molecule has 0 amide bonds. The number of hydrogen-bond acceptors (Lipinski definition) is 4. The number of ketones is 1. The van der Waals surface area contributed by atoms with Gasteiger partial charge in [0, 0.05) is 49.6 Å². The van der Waals surface area contributed by atoms with Crippen LogP contribution in [-0.4, -0.2) is 15.9 Å². The SMILES string of the molecule is Cc1ccc2oc3c(-c4nccc5cc(CC(C)C)ccc45)[c-]c(C(C)C)cc3c2c1.O=C(/C=C(\O)C1CCCC1)C1CCCC1.[Ir]. The molecule has 2 aliphatic rings. The second kappa shape index (κ2) is 15.3. The fraction of sp³-hybridized carbons (Fsp3) is 0.429. The normalized spacial score (nSPS) is 15.9. The predicted octanol–water partition coefficient (Wildman–Crippen LogP) is 11.6. The van der Waals surface area contributed by atoms with E-state index in [1.807, 2.05) is 6.20 Å². The summed E-state index contributed by atoms with van der Waals surface area (Å²) in [5, 5.41) is 14.5. The maximum atomic E-state index is 11.8. The van der Waals surface area contributed by atoms with Crippen LogP contribution in [0.4, 0.5) is 0 Å². The predicted molar refractivity (Wildman–Crippen MR) is 190 cm³/mol. The Balaban J connectivity index is 0.000000228. The molecule has 2 heterocycles. The minimum atomic E-state index is 0. The summed E-state index contributed by atoms with van der Waals surface area (Å²) in [5.41, 5.74) is 7.46. The van der Waals surface area contributed by atoms with Crippen molar-refractivity contribution >= 4 is 38.5 Å². The zero-order valence-electron chi connectivity index (χ0n) is 28.5. The van der Waals surface area contributed by atoms with Crippen molar-refractivity contribution in [1.29, 1.82) is 0 Å². The summed E-state index contributed by atoms with van der Waals surface area (Å²) in [7, 11) is 0. The van der Waals surface area contributed by atoms with Gasteiger partial charge in [-0.05, 0) is 91.1 Å². The summed E-state index contributed by atoms with van der Waals surface area (Å²) in [4.78, 5) is 16.6. The zero-order chi connectivity index (χ0) is 32.4. The number of aryl methyl sites for hydroxylation is 1. The van der Waals surface area contributed by atoms with Crippen LogP contribution >= 0.6 is 0 Å². The summed E-state index contributed by atoms with van der Waals surface area (Å²) < 4.78 is 6.38. The topological polar surface area (TPSA) is 63.3 Å². The molecule has 249 valence electrons. The van der Waals surface area contributed by atoms with E-state index in [0.717, 1.165) is 70.7 Å². The molecule has 0 saturated heterocycles. The van der Waals surface area contributed by atoms with Crippen molar-refractivity contribution in [1.82, 2.24) is 4.98 Å². The van der Waals surface area contributed by atoms with Crippen molar-refractivity contribution in [2.45, 2.75) is 98.3 Å². The van der Waals surface area contributed by atoms with E-state index in [9.17, 15) is 9.90 Å². The molecule has 5 aromatic rings. The third-order valence-corrected chi connectivity index (χ3v) is 9.83. The molecule has 1 radical (unpaired) electrons. The number of nitrogens with zero attached hydrogens (tertiary/aromatic N) is 1. The van der Waals surface area contributed by atoms with Gasteiger partial charge < -0.3 is 14.5 Å². The number of hydrogen-bond donors (Lipinski definition) is 1. The Bertz CT molecular complexity index is 1890. The second-order valence-corrected chi connectivity index (χ2v) is 14.3. The summed E-state index contributed by atoms with van der Waals surface area (Å²) in [6.45, 7) is 11.1. The minimum absolute atomic E-state index is 0. The number of allylic oxidation sites excluding steroid dienone is 2. The van der Waals surface area contributed by atoms with Crippen molar-refractivity contribution < 1.29 is 34.4 Å². The first-order valence-electron chi connectivity index (χ1n) is 17.4.